The maximum atomic E-state index is 13.4. The second-order valence-corrected chi connectivity index (χ2v) is 7.27. The molecule has 5 nitrogen and oxygen atoms in total. The first-order chi connectivity index (χ1) is 13.5. The Morgan fingerprint density at radius 3 is 2.57 bits per heavy atom. The van der Waals surface area contributed by atoms with E-state index in [4.69, 9.17) is 9.47 Å². The summed E-state index contributed by atoms with van der Waals surface area (Å²) in [4.78, 5) is 14.2. The van der Waals surface area contributed by atoms with Crippen molar-refractivity contribution in [3.8, 4) is 11.5 Å². The predicted molar refractivity (Wildman–Crippen MR) is 99.3 cm³/mol. The van der Waals surface area contributed by atoms with Gasteiger partial charge < -0.3 is 19.7 Å². The highest BCUT2D eigenvalue weighted by molar-refractivity contribution is 5.74. The third-order valence-corrected chi connectivity index (χ3v) is 5.05. The van der Waals surface area contributed by atoms with E-state index in [1.807, 2.05) is 18.2 Å². The minimum absolute atomic E-state index is 0.129. The number of nitrogens with one attached hydrogen (secondary N) is 1. The molecular weight excluding hydrogens is 366 g/mol. The highest BCUT2D eigenvalue weighted by atomic mass is 19.2. The van der Waals surface area contributed by atoms with Crippen molar-refractivity contribution >= 4 is 6.03 Å². The molecular formula is C21H22F2N2O3. The third-order valence-electron chi connectivity index (χ3n) is 5.05. The number of urea groups is 1. The Kier molecular flexibility index (Phi) is 5.07. The number of hydrogen-bond acceptors (Lipinski definition) is 3. The van der Waals surface area contributed by atoms with Crippen molar-refractivity contribution in [1.82, 2.24) is 10.2 Å². The first-order valence-corrected chi connectivity index (χ1v) is 9.36. The molecule has 1 aliphatic heterocycles. The van der Waals surface area contributed by atoms with Gasteiger partial charge in [-0.1, -0.05) is 12.1 Å². The molecule has 148 valence electrons. The molecule has 0 radical (unpaired) electrons. The molecule has 2 aliphatic rings. The zero-order valence-electron chi connectivity index (χ0n) is 15.6. The van der Waals surface area contributed by atoms with Crippen molar-refractivity contribution < 1.29 is 23.0 Å². The number of ether oxygens (including phenoxy) is 2. The maximum absolute atomic E-state index is 13.4. The van der Waals surface area contributed by atoms with Crippen LogP contribution in [0.2, 0.25) is 0 Å². The van der Waals surface area contributed by atoms with Gasteiger partial charge in [0.05, 0.1) is 6.04 Å². The molecule has 1 fully saturated rings. The van der Waals surface area contributed by atoms with Crippen molar-refractivity contribution in [2.24, 2.45) is 5.92 Å². The molecule has 1 atom stereocenters. The molecule has 0 saturated heterocycles. The predicted octanol–water partition coefficient (Wildman–Crippen LogP) is 4.03. The van der Waals surface area contributed by atoms with E-state index >= 15 is 0 Å². The van der Waals surface area contributed by atoms with Crippen molar-refractivity contribution in [3.63, 3.8) is 0 Å². The zero-order valence-corrected chi connectivity index (χ0v) is 15.6. The molecule has 4 rings (SSSR count). The molecule has 2 amide bonds. The van der Waals surface area contributed by atoms with Crippen LogP contribution in [-0.2, 0) is 6.54 Å². The minimum Gasteiger partial charge on any atom is -0.486 e. The van der Waals surface area contributed by atoms with Gasteiger partial charge in [0, 0.05) is 13.6 Å². The summed E-state index contributed by atoms with van der Waals surface area (Å²) in [6.07, 6.45) is 2.10. The molecule has 2 aromatic rings. The van der Waals surface area contributed by atoms with Gasteiger partial charge in [-0.2, -0.15) is 0 Å². The SMILES string of the molecule is CN(Cc1ccc(F)c(F)c1)C(=O)NC(c1ccc2c(c1)OCCO2)C1CC1. The van der Waals surface area contributed by atoms with E-state index in [2.05, 4.69) is 5.32 Å². The van der Waals surface area contributed by atoms with Crippen molar-refractivity contribution in [1.29, 1.82) is 0 Å². The van der Waals surface area contributed by atoms with Crippen LogP contribution in [0, 0.1) is 17.6 Å². The van der Waals surface area contributed by atoms with Crippen LogP contribution in [0.15, 0.2) is 36.4 Å². The van der Waals surface area contributed by atoms with Crippen molar-refractivity contribution in [3.05, 3.63) is 59.2 Å². The molecule has 0 bridgehead atoms. The number of amides is 2. The number of nitrogens with zero attached hydrogens (tertiary/aromatic N) is 1. The summed E-state index contributed by atoms with van der Waals surface area (Å²) in [7, 11) is 1.63. The number of carbonyl (C=O) groups excluding carboxylic acids is 1. The summed E-state index contributed by atoms with van der Waals surface area (Å²) in [5.74, 6) is -0.0324. The lowest BCUT2D eigenvalue weighted by molar-refractivity contribution is 0.171. The molecule has 1 heterocycles. The summed E-state index contributed by atoms with van der Waals surface area (Å²) in [6.45, 7) is 1.22. The fourth-order valence-corrected chi connectivity index (χ4v) is 3.38. The van der Waals surface area contributed by atoms with Crippen molar-refractivity contribution in [2.75, 3.05) is 20.3 Å². The molecule has 0 aromatic heterocycles. The van der Waals surface area contributed by atoms with Crippen LogP contribution in [0.25, 0.3) is 0 Å². The molecule has 1 saturated carbocycles. The summed E-state index contributed by atoms with van der Waals surface area (Å²) in [5, 5.41) is 3.07. The number of carbonyl (C=O) groups is 1. The van der Waals surface area contributed by atoms with E-state index in [1.54, 1.807) is 7.05 Å². The van der Waals surface area contributed by atoms with Gasteiger partial charge >= 0.3 is 6.03 Å². The van der Waals surface area contributed by atoms with E-state index < -0.39 is 11.6 Å². The van der Waals surface area contributed by atoms with Gasteiger partial charge in [-0.3, -0.25) is 0 Å². The van der Waals surface area contributed by atoms with Crippen LogP contribution in [0.3, 0.4) is 0 Å². The highest BCUT2D eigenvalue weighted by Crippen LogP contribution is 2.43. The van der Waals surface area contributed by atoms with Gasteiger partial charge in [0.2, 0.25) is 0 Å². The lowest BCUT2D eigenvalue weighted by Crippen LogP contribution is -2.39. The fourth-order valence-electron chi connectivity index (χ4n) is 3.38. The first-order valence-electron chi connectivity index (χ1n) is 9.36. The van der Waals surface area contributed by atoms with Gasteiger partial charge in [0.25, 0.3) is 0 Å². The first kappa shape index (κ1) is 18.5. The van der Waals surface area contributed by atoms with Gasteiger partial charge in [-0.05, 0) is 54.2 Å². The Morgan fingerprint density at radius 2 is 1.86 bits per heavy atom. The zero-order chi connectivity index (χ0) is 19.7. The average molecular weight is 388 g/mol. The van der Waals surface area contributed by atoms with Gasteiger partial charge in [0.15, 0.2) is 23.1 Å². The number of benzene rings is 2. The smallest absolute Gasteiger partial charge is 0.317 e. The second kappa shape index (κ2) is 7.66. The van der Waals surface area contributed by atoms with Crippen molar-refractivity contribution in [2.45, 2.75) is 25.4 Å². The van der Waals surface area contributed by atoms with E-state index in [9.17, 15) is 13.6 Å². The lowest BCUT2D eigenvalue weighted by Gasteiger charge is -2.25. The molecule has 2 aromatic carbocycles. The summed E-state index contributed by atoms with van der Waals surface area (Å²) in [5.41, 5.74) is 1.50. The Labute approximate surface area is 162 Å². The number of fused-ring (bicyclic) bond motifs is 1. The largest absolute Gasteiger partial charge is 0.486 e. The lowest BCUT2D eigenvalue weighted by atomic mass is 10.0. The summed E-state index contributed by atoms with van der Waals surface area (Å²) < 4.78 is 37.7. The number of hydrogen-bond donors (Lipinski definition) is 1. The fraction of sp³-hybridized carbons (Fsp3) is 0.381. The van der Waals surface area contributed by atoms with Gasteiger partial charge in [-0.15, -0.1) is 0 Å². The van der Waals surface area contributed by atoms with Crippen LogP contribution >= 0.6 is 0 Å². The molecule has 0 spiro atoms. The monoisotopic (exact) mass is 388 g/mol. The second-order valence-electron chi connectivity index (χ2n) is 7.27. The highest BCUT2D eigenvalue weighted by Gasteiger charge is 2.34. The number of rotatable bonds is 5. The topological polar surface area (TPSA) is 50.8 Å². The Bertz CT molecular complexity index is 886. The molecule has 7 heteroatoms. The van der Waals surface area contributed by atoms with Crippen LogP contribution in [0.5, 0.6) is 11.5 Å². The average Bonchev–Trinajstić information content (AvgIpc) is 3.53. The third kappa shape index (κ3) is 4.03. The quantitative estimate of drug-likeness (QED) is 0.842. The van der Waals surface area contributed by atoms with Crippen LogP contribution in [-0.4, -0.2) is 31.2 Å². The Hall–Kier alpha value is -2.83. The molecule has 1 unspecified atom stereocenters. The molecule has 1 aliphatic carbocycles. The maximum Gasteiger partial charge on any atom is 0.317 e. The van der Waals surface area contributed by atoms with Crippen LogP contribution in [0.4, 0.5) is 13.6 Å². The Morgan fingerprint density at radius 1 is 1.11 bits per heavy atom. The normalized spacial score (nSPS) is 16.4. The molecule has 28 heavy (non-hydrogen) atoms. The van der Waals surface area contributed by atoms with Crippen LogP contribution in [0.1, 0.15) is 30.0 Å². The van der Waals surface area contributed by atoms with E-state index in [-0.39, 0.29) is 18.6 Å². The van der Waals surface area contributed by atoms with Gasteiger partial charge in [-0.25, -0.2) is 13.6 Å². The van der Waals surface area contributed by atoms with Gasteiger partial charge in [0.1, 0.15) is 13.2 Å². The van der Waals surface area contributed by atoms with Crippen LogP contribution < -0.4 is 14.8 Å². The standard InChI is InChI=1S/C21H22F2N2O3/c1-25(12-13-2-6-16(22)17(23)10-13)21(26)24-20(14-3-4-14)15-5-7-18-19(11-15)28-9-8-27-18/h2,5-7,10-11,14,20H,3-4,8-9,12H2,1H3,(H,24,26). The minimum atomic E-state index is -0.918. The van der Waals surface area contributed by atoms with E-state index in [0.29, 0.717) is 36.2 Å². The number of halogens is 2. The summed E-state index contributed by atoms with van der Waals surface area (Å²) in [6, 6.07) is 9.00. The summed E-state index contributed by atoms with van der Waals surface area (Å²) >= 11 is 0. The molecule has 1 N–H and O–H groups in total. The van der Waals surface area contributed by atoms with E-state index in [1.165, 1.54) is 11.0 Å². The Balaban J connectivity index is 1.45. The van der Waals surface area contributed by atoms with E-state index in [0.717, 1.165) is 30.5 Å².